The Morgan fingerprint density at radius 1 is 0.845 bits per heavy atom. The van der Waals surface area contributed by atoms with E-state index in [4.69, 9.17) is 15.2 Å². The van der Waals surface area contributed by atoms with Crippen molar-refractivity contribution in [3.8, 4) is 0 Å². The van der Waals surface area contributed by atoms with Crippen molar-refractivity contribution in [3.05, 3.63) is 80.5 Å². The molecule has 0 radical (unpaired) electrons. The van der Waals surface area contributed by atoms with Crippen LogP contribution in [0.4, 0.5) is 0 Å². The Hall–Kier alpha value is -3.36. The average Bonchev–Trinajstić information content (AvgIpc) is 4.34. The monoisotopic (exact) mass is 958 g/mol. The highest BCUT2D eigenvalue weighted by Crippen LogP contribution is 2.89. The predicted octanol–water partition coefficient (Wildman–Crippen LogP) is 11.7. The Labute approximate surface area is 422 Å². The number of carbonyl (C=O) groups excluding carboxylic acids is 2. The minimum atomic E-state index is -1.12. The number of aryl methyl sites for hydroxylation is 1. The summed E-state index contributed by atoms with van der Waals surface area (Å²) in [5.41, 5.74) is 14.5. The number of rotatable bonds is 5. The molecular formula is C63H79N3O5. The summed E-state index contributed by atoms with van der Waals surface area (Å²) in [4.78, 5) is 38.3. The number of ether oxygens (including phenoxy) is 2. The molecule has 16 aliphatic rings. The number of benzene rings is 1. The van der Waals surface area contributed by atoms with Gasteiger partial charge in [0.1, 0.15) is 11.2 Å². The van der Waals surface area contributed by atoms with Crippen LogP contribution < -0.4 is 5.73 Å². The first kappa shape index (κ1) is 42.9. The number of hydrogen-bond donors (Lipinski definition) is 2. The van der Waals surface area contributed by atoms with Gasteiger partial charge in [-0.1, -0.05) is 73.6 Å². The van der Waals surface area contributed by atoms with Gasteiger partial charge in [-0.15, -0.1) is 0 Å². The van der Waals surface area contributed by atoms with Gasteiger partial charge in [0, 0.05) is 66.1 Å². The first-order chi connectivity index (χ1) is 34.7. The molecule has 0 amide bonds. The molecule has 9 bridgehead atoms. The van der Waals surface area contributed by atoms with Crippen LogP contribution in [0.25, 0.3) is 0 Å². The van der Waals surface area contributed by atoms with Gasteiger partial charge in [-0.25, -0.2) is 4.79 Å². The first-order valence-electron chi connectivity index (χ1n) is 30.1. The minimum Gasteiger partial charge on any atom is -0.508 e. The van der Waals surface area contributed by atoms with Crippen LogP contribution in [0, 0.1) is 80.8 Å². The van der Waals surface area contributed by atoms with Gasteiger partial charge in [0.2, 0.25) is 0 Å². The Balaban J connectivity index is 0.975. The van der Waals surface area contributed by atoms with Gasteiger partial charge in [0.25, 0.3) is 0 Å². The van der Waals surface area contributed by atoms with E-state index in [-0.39, 0.29) is 41.1 Å². The van der Waals surface area contributed by atoms with E-state index < -0.39 is 16.4 Å². The summed E-state index contributed by atoms with van der Waals surface area (Å²) in [6.45, 7) is 5.52. The number of piperidine rings is 3. The maximum absolute atomic E-state index is 16.8. The third kappa shape index (κ3) is 4.85. The van der Waals surface area contributed by atoms with Gasteiger partial charge in [-0.2, -0.15) is 0 Å². The van der Waals surface area contributed by atoms with Gasteiger partial charge in [0.15, 0.2) is 11.4 Å². The van der Waals surface area contributed by atoms with Crippen LogP contribution in [-0.2, 0) is 26.3 Å². The van der Waals surface area contributed by atoms with Crippen molar-refractivity contribution in [1.29, 1.82) is 0 Å². The molecule has 8 heteroatoms. The van der Waals surface area contributed by atoms with Crippen molar-refractivity contribution in [3.63, 3.8) is 0 Å². The minimum absolute atomic E-state index is 0.111. The second kappa shape index (κ2) is 14.3. The second-order valence-corrected chi connectivity index (χ2v) is 28.0. The Morgan fingerprint density at radius 2 is 1.70 bits per heavy atom. The molecule has 5 spiro atoms. The molecule has 4 saturated heterocycles. The number of nitrogens with two attached hydrogens (primary N) is 1. The molecule has 7 heterocycles. The van der Waals surface area contributed by atoms with Crippen LogP contribution in [0.5, 0.6) is 0 Å². The number of aliphatic hydroxyl groups excluding tert-OH is 1. The van der Waals surface area contributed by atoms with Crippen molar-refractivity contribution in [1.82, 2.24) is 9.80 Å². The number of hydrogen-bond acceptors (Lipinski definition) is 8. The van der Waals surface area contributed by atoms with Crippen LogP contribution in [-0.4, -0.2) is 64.6 Å². The zero-order valence-electron chi connectivity index (χ0n) is 42.7. The van der Waals surface area contributed by atoms with E-state index in [1.165, 1.54) is 115 Å². The number of nitrogens with zero attached hydrogens (tertiary/aromatic N) is 2. The number of aliphatic hydroxyl groups is 1. The molecule has 7 aliphatic heterocycles. The molecule has 376 valence electrons. The Bertz CT molecular complexity index is 2720. The molecule has 9 fully saturated rings. The molecule has 16 atom stereocenters. The van der Waals surface area contributed by atoms with E-state index in [0.29, 0.717) is 95.4 Å². The van der Waals surface area contributed by atoms with Crippen LogP contribution in [0.1, 0.15) is 183 Å². The summed E-state index contributed by atoms with van der Waals surface area (Å²) in [6, 6.07) is 7.81. The SMILES string of the molecule is C[C@H]1CC2=C3[C@H]4C5=C6[C@@H]7C[C@@]41CCC7=C[C@@H](C1CCCC1)C[C@H]1[C@]64C(=O)O/C(=C(/O)[C@@H]6CC[C@@H]7[C@@H]8C[C@@H](CN7[C@@H]6[C@@H]6CCC7(CCCC7)C6)[C@@H](CC2)N3C8)[C@@]4(CC5)[C@]12OC(=O)c1c(CCCN)cccc12. The van der Waals surface area contributed by atoms with Gasteiger partial charge < -0.3 is 25.2 Å². The van der Waals surface area contributed by atoms with Crippen LogP contribution in [0.15, 0.2) is 63.8 Å². The normalized spacial score (nSPS) is 48.9. The lowest BCUT2D eigenvalue weighted by atomic mass is 9.26. The fourth-order valence-corrected chi connectivity index (χ4v) is 24.0. The smallest absolute Gasteiger partial charge is 0.339 e. The fraction of sp³-hybridized carbons (Fsp3) is 0.746. The topological polar surface area (TPSA) is 105 Å². The van der Waals surface area contributed by atoms with Crippen molar-refractivity contribution in [2.24, 2.45) is 86.6 Å². The lowest BCUT2D eigenvalue weighted by Crippen LogP contribution is -2.78. The molecule has 0 unspecified atom stereocenters. The highest BCUT2D eigenvalue weighted by molar-refractivity contribution is 6.00. The van der Waals surface area contributed by atoms with E-state index in [1.807, 2.05) is 0 Å². The van der Waals surface area contributed by atoms with Crippen LogP contribution in [0.2, 0.25) is 0 Å². The second-order valence-electron chi connectivity index (χ2n) is 28.0. The summed E-state index contributed by atoms with van der Waals surface area (Å²) < 4.78 is 14.9. The summed E-state index contributed by atoms with van der Waals surface area (Å²) in [5.74, 6) is 3.88. The molecular weight excluding hydrogens is 879 g/mol. The molecule has 71 heavy (non-hydrogen) atoms. The van der Waals surface area contributed by atoms with E-state index >= 15 is 9.59 Å². The van der Waals surface area contributed by atoms with Crippen LogP contribution >= 0.6 is 0 Å². The quantitative estimate of drug-likeness (QED) is 0.222. The zero-order valence-corrected chi connectivity index (χ0v) is 42.7. The van der Waals surface area contributed by atoms with Gasteiger partial charge in [-0.05, 0) is 199 Å². The lowest BCUT2D eigenvalue weighted by molar-refractivity contribution is -0.284. The highest BCUT2D eigenvalue weighted by Gasteiger charge is 2.94. The standard InChI is InChI=1S/C63H79N3O5/c1-34-26-38-13-15-47-41-28-42-33-66(47)54(38)52-43-19-24-61-56(55(67)44-14-16-48(42)65(32-41)53(44)39-17-22-59(30-39)20-4-5-21-59)70-58(69)62(61)49(63(61)46-12-6-10-36(11-7-25-64)50(46)57(68)71-63)29-40(35-8-2-3-9-35)27-37-18-23-60(34,52)31-45(37)51(43)62/h6,10,12,27,34-35,39-42,44-45,47-49,52-53,67H,2-5,7-9,11,13-26,28-33,64H2,1H3/b37-27?,56-55+/t34-,39+,40+,41-,42+,44+,45+,47+,48+,49-,52+,53+,60+,61+,62+,63+/m0/s1. The Kier molecular flexibility index (Phi) is 8.66. The molecule has 1 aromatic rings. The van der Waals surface area contributed by atoms with Crippen molar-refractivity contribution in [2.45, 2.75) is 191 Å². The van der Waals surface area contributed by atoms with Gasteiger partial charge in [0.05, 0.1) is 11.0 Å². The van der Waals surface area contributed by atoms with Crippen molar-refractivity contribution >= 4 is 11.9 Å². The molecule has 9 aliphatic carbocycles. The van der Waals surface area contributed by atoms with Crippen molar-refractivity contribution in [2.75, 3.05) is 19.6 Å². The van der Waals surface area contributed by atoms with E-state index in [2.05, 4.69) is 41.0 Å². The fourth-order valence-electron chi connectivity index (χ4n) is 24.0. The summed E-state index contributed by atoms with van der Waals surface area (Å²) in [6.07, 6.45) is 31.5. The number of allylic oxidation sites excluding steroid dienone is 4. The summed E-state index contributed by atoms with van der Waals surface area (Å²) in [7, 11) is 0. The summed E-state index contributed by atoms with van der Waals surface area (Å²) >= 11 is 0. The molecule has 8 nitrogen and oxygen atoms in total. The lowest BCUT2D eigenvalue weighted by Gasteiger charge is -2.74. The van der Waals surface area contributed by atoms with Crippen molar-refractivity contribution < 1.29 is 24.2 Å². The van der Waals surface area contributed by atoms with Crippen LogP contribution in [0.3, 0.4) is 0 Å². The largest absolute Gasteiger partial charge is 0.508 e. The third-order valence-corrected chi connectivity index (χ3v) is 26.2. The molecule has 0 aromatic heterocycles. The van der Waals surface area contributed by atoms with E-state index in [1.54, 1.807) is 22.4 Å². The Morgan fingerprint density at radius 3 is 2.56 bits per heavy atom. The number of esters is 2. The number of fused-ring (bicyclic) bond motifs is 8. The number of carbonyl (C=O) groups is 2. The third-order valence-electron chi connectivity index (χ3n) is 26.2. The zero-order chi connectivity index (χ0) is 47.1. The van der Waals surface area contributed by atoms with Gasteiger partial charge >= 0.3 is 11.9 Å². The first-order valence-corrected chi connectivity index (χ1v) is 30.1. The highest BCUT2D eigenvalue weighted by atomic mass is 16.6. The molecule has 3 N–H and O–H groups in total. The predicted molar refractivity (Wildman–Crippen MR) is 270 cm³/mol. The van der Waals surface area contributed by atoms with E-state index in [0.717, 1.165) is 62.6 Å². The maximum atomic E-state index is 16.8. The molecule has 1 aromatic carbocycles. The summed E-state index contributed by atoms with van der Waals surface area (Å²) in [5, 5.41) is 14.2. The van der Waals surface area contributed by atoms with Gasteiger partial charge in [-0.3, -0.25) is 9.69 Å². The molecule has 17 rings (SSSR count). The maximum Gasteiger partial charge on any atom is 0.339 e. The average molecular weight is 958 g/mol. The molecule has 5 saturated carbocycles. The van der Waals surface area contributed by atoms with E-state index in [9.17, 15) is 5.11 Å².